The molecular weight excluding hydrogens is 339 g/mol. The van der Waals surface area contributed by atoms with E-state index in [9.17, 15) is 14.9 Å². The number of amides is 1. The van der Waals surface area contributed by atoms with Crippen molar-refractivity contribution in [1.82, 2.24) is 5.32 Å². The Morgan fingerprint density at radius 2 is 1.83 bits per heavy atom. The topological polar surface area (TPSA) is 72.2 Å². The smallest absolute Gasteiger partial charge is 0.269 e. The molecule has 0 aliphatic heterocycles. The fourth-order valence-electron chi connectivity index (χ4n) is 2.00. The third kappa shape index (κ3) is 5.23. The Balaban J connectivity index is 1.82. The molecule has 1 amide bonds. The van der Waals surface area contributed by atoms with Crippen molar-refractivity contribution in [3.05, 3.63) is 73.8 Å². The number of nitro groups is 1. The van der Waals surface area contributed by atoms with E-state index in [1.165, 1.54) is 12.1 Å². The van der Waals surface area contributed by atoms with E-state index in [-0.39, 0.29) is 11.6 Å². The molecule has 0 aliphatic rings. The summed E-state index contributed by atoms with van der Waals surface area (Å²) in [6, 6.07) is 11.2. The monoisotopic (exact) mass is 352 g/mol. The van der Waals surface area contributed by atoms with Crippen LogP contribution in [0.4, 0.5) is 5.69 Å². The number of aryl methyl sites for hydroxylation is 1. The first-order chi connectivity index (χ1) is 11.0. The van der Waals surface area contributed by atoms with Crippen LogP contribution in [-0.4, -0.2) is 10.8 Å². The van der Waals surface area contributed by atoms with Gasteiger partial charge in [-0.15, -0.1) is 0 Å². The summed E-state index contributed by atoms with van der Waals surface area (Å²) in [7, 11) is 0. The lowest BCUT2D eigenvalue weighted by atomic mass is 10.1. The van der Waals surface area contributed by atoms with Crippen molar-refractivity contribution in [3.8, 4) is 0 Å². The molecule has 0 bridgehead atoms. The average Bonchev–Trinajstić information content (AvgIpc) is 2.52. The number of halogens is 2. The van der Waals surface area contributed by atoms with Gasteiger partial charge in [0.2, 0.25) is 5.91 Å². The third-order valence-electron chi connectivity index (χ3n) is 3.27. The van der Waals surface area contributed by atoms with Gasteiger partial charge in [0.15, 0.2) is 0 Å². The summed E-state index contributed by atoms with van der Waals surface area (Å²) in [5.74, 6) is -0.116. The van der Waals surface area contributed by atoms with Gasteiger partial charge in [-0.05, 0) is 29.7 Å². The van der Waals surface area contributed by atoms with Crippen LogP contribution in [0.1, 0.15) is 17.5 Å². The summed E-state index contributed by atoms with van der Waals surface area (Å²) in [5, 5.41) is 14.4. The van der Waals surface area contributed by atoms with Crippen LogP contribution in [0.15, 0.2) is 42.5 Å². The van der Waals surface area contributed by atoms with Gasteiger partial charge < -0.3 is 5.32 Å². The Morgan fingerprint density at radius 1 is 1.13 bits per heavy atom. The summed E-state index contributed by atoms with van der Waals surface area (Å²) >= 11 is 11.9. The van der Waals surface area contributed by atoms with Gasteiger partial charge in [0, 0.05) is 35.1 Å². The molecule has 0 aliphatic carbocycles. The Labute approximate surface area is 143 Å². The Kier molecular flexibility index (Phi) is 5.96. The van der Waals surface area contributed by atoms with Crippen LogP contribution in [0, 0.1) is 10.1 Å². The first kappa shape index (κ1) is 17.2. The van der Waals surface area contributed by atoms with Crippen molar-refractivity contribution in [2.24, 2.45) is 0 Å². The molecule has 2 aromatic carbocycles. The first-order valence-corrected chi connectivity index (χ1v) is 7.65. The van der Waals surface area contributed by atoms with Gasteiger partial charge >= 0.3 is 0 Å². The Bertz CT molecular complexity index is 718. The van der Waals surface area contributed by atoms with Crippen molar-refractivity contribution in [2.45, 2.75) is 19.4 Å². The maximum atomic E-state index is 11.9. The maximum Gasteiger partial charge on any atom is 0.269 e. The first-order valence-electron chi connectivity index (χ1n) is 6.89. The Hall–Kier alpha value is -2.11. The van der Waals surface area contributed by atoms with Crippen LogP contribution < -0.4 is 5.32 Å². The molecule has 0 saturated heterocycles. The number of nitrogens with zero attached hydrogens (tertiary/aromatic N) is 1. The number of hydrogen-bond acceptors (Lipinski definition) is 3. The minimum atomic E-state index is -0.460. The zero-order valence-corrected chi connectivity index (χ0v) is 13.6. The molecule has 120 valence electrons. The van der Waals surface area contributed by atoms with Gasteiger partial charge in [0.25, 0.3) is 5.69 Å². The maximum absolute atomic E-state index is 11.9. The van der Waals surface area contributed by atoms with Gasteiger partial charge in [-0.1, -0.05) is 41.4 Å². The van der Waals surface area contributed by atoms with Crippen molar-refractivity contribution < 1.29 is 9.72 Å². The third-order valence-corrected chi connectivity index (χ3v) is 3.86. The number of rotatable bonds is 6. The van der Waals surface area contributed by atoms with E-state index in [4.69, 9.17) is 23.2 Å². The van der Waals surface area contributed by atoms with Gasteiger partial charge in [-0.25, -0.2) is 0 Å². The lowest BCUT2D eigenvalue weighted by molar-refractivity contribution is -0.384. The lowest BCUT2D eigenvalue weighted by Gasteiger charge is -2.07. The number of carbonyl (C=O) groups is 1. The number of carbonyl (C=O) groups excluding carboxylic acids is 1. The molecule has 0 radical (unpaired) electrons. The fraction of sp³-hybridized carbons (Fsp3) is 0.188. The number of nitrogens with one attached hydrogen (secondary N) is 1. The number of benzene rings is 2. The van der Waals surface area contributed by atoms with E-state index in [0.717, 1.165) is 11.1 Å². The minimum absolute atomic E-state index is 0.0254. The molecule has 7 heteroatoms. The van der Waals surface area contributed by atoms with Crippen LogP contribution >= 0.6 is 23.2 Å². The molecule has 0 aromatic heterocycles. The van der Waals surface area contributed by atoms with Crippen molar-refractivity contribution in [3.63, 3.8) is 0 Å². The highest BCUT2D eigenvalue weighted by atomic mass is 35.5. The zero-order chi connectivity index (χ0) is 16.8. The molecule has 0 saturated carbocycles. The molecule has 2 rings (SSSR count). The van der Waals surface area contributed by atoms with E-state index < -0.39 is 4.92 Å². The highest BCUT2D eigenvalue weighted by Crippen LogP contribution is 2.22. The van der Waals surface area contributed by atoms with Crippen LogP contribution in [0.2, 0.25) is 10.0 Å². The molecule has 0 spiro atoms. The minimum Gasteiger partial charge on any atom is -0.352 e. The highest BCUT2D eigenvalue weighted by molar-refractivity contribution is 6.35. The number of non-ortho nitro benzene ring substituents is 1. The average molecular weight is 353 g/mol. The van der Waals surface area contributed by atoms with Crippen LogP contribution in [0.5, 0.6) is 0 Å². The number of nitro benzene ring substituents is 1. The molecular formula is C16H14Cl2N2O3. The zero-order valence-electron chi connectivity index (χ0n) is 12.1. The molecule has 23 heavy (non-hydrogen) atoms. The van der Waals surface area contributed by atoms with Crippen LogP contribution in [0.3, 0.4) is 0 Å². The fourth-order valence-corrected chi connectivity index (χ4v) is 2.50. The second-order valence-corrected chi connectivity index (χ2v) is 5.78. The van der Waals surface area contributed by atoms with Crippen molar-refractivity contribution >= 4 is 34.8 Å². The standard InChI is InChI=1S/C16H14Cl2N2O3/c17-13-5-3-12(15(18)9-13)4-8-16(21)19-10-11-1-6-14(7-2-11)20(22)23/h1-3,5-7,9H,4,8,10H2,(H,19,21). The number of hydrogen-bond donors (Lipinski definition) is 1. The van der Waals surface area contributed by atoms with E-state index in [1.54, 1.807) is 30.3 Å². The van der Waals surface area contributed by atoms with E-state index >= 15 is 0 Å². The molecule has 0 atom stereocenters. The van der Waals surface area contributed by atoms with Crippen LogP contribution in [-0.2, 0) is 17.8 Å². The summed E-state index contributed by atoms with van der Waals surface area (Å²) in [6.45, 7) is 0.325. The van der Waals surface area contributed by atoms with Crippen molar-refractivity contribution in [1.29, 1.82) is 0 Å². The van der Waals surface area contributed by atoms with Crippen LogP contribution in [0.25, 0.3) is 0 Å². The quantitative estimate of drug-likeness (QED) is 0.626. The van der Waals surface area contributed by atoms with Gasteiger partial charge in [0.1, 0.15) is 0 Å². The van der Waals surface area contributed by atoms with Gasteiger partial charge in [-0.2, -0.15) is 0 Å². The normalized spacial score (nSPS) is 10.3. The van der Waals surface area contributed by atoms with E-state index in [0.29, 0.717) is 29.4 Å². The van der Waals surface area contributed by atoms with Gasteiger partial charge in [-0.3, -0.25) is 14.9 Å². The predicted octanol–water partition coefficient (Wildman–Crippen LogP) is 4.15. The predicted molar refractivity (Wildman–Crippen MR) is 89.7 cm³/mol. The molecule has 0 heterocycles. The molecule has 5 nitrogen and oxygen atoms in total. The second kappa shape index (κ2) is 7.94. The van der Waals surface area contributed by atoms with Gasteiger partial charge in [0.05, 0.1) is 4.92 Å². The summed E-state index contributed by atoms with van der Waals surface area (Å²) in [4.78, 5) is 22.0. The molecule has 1 N–H and O–H groups in total. The summed E-state index contributed by atoms with van der Waals surface area (Å²) in [6.07, 6.45) is 0.816. The summed E-state index contributed by atoms with van der Waals surface area (Å²) in [5.41, 5.74) is 1.69. The van der Waals surface area contributed by atoms with E-state index in [1.807, 2.05) is 0 Å². The molecule has 0 fully saturated rings. The SMILES string of the molecule is O=C(CCc1ccc(Cl)cc1Cl)NCc1ccc([N+](=O)[O-])cc1. The lowest BCUT2D eigenvalue weighted by Crippen LogP contribution is -2.23. The van der Waals surface area contributed by atoms with E-state index in [2.05, 4.69) is 5.32 Å². The Morgan fingerprint density at radius 3 is 2.43 bits per heavy atom. The highest BCUT2D eigenvalue weighted by Gasteiger charge is 2.07. The summed E-state index contributed by atoms with van der Waals surface area (Å²) < 4.78 is 0. The molecule has 2 aromatic rings. The largest absolute Gasteiger partial charge is 0.352 e. The van der Waals surface area contributed by atoms with Crippen molar-refractivity contribution in [2.75, 3.05) is 0 Å². The second-order valence-electron chi connectivity index (χ2n) is 4.94. The molecule has 0 unspecified atom stereocenters.